The number of hydrogen-bond acceptors (Lipinski definition) is 8. The van der Waals surface area contributed by atoms with Gasteiger partial charge in [-0.05, 0) is 12.1 Å². The molecule has 0 aliphatic carbocycles. The van der Waals surface area contributed by atoms with Gasteiger partial charge in [-0.3, -0.25) is 9.99 Å². The Balaban J connectivity index is 2.01. The van der Waals surface area contributed by atoms with Crippen molar-refractivity contribution in [3.8, 4) is 17.5 Å². The molecule has 1 aromatic carbocycles. The van der Waals surface area contributed by atoms with Crippen molar-refractivity contribution in [3.63, 3.8) is 0 Å². The van der Waals surface area contributed by atoms with Crippen molar-refractivity contribution in [2.45, 2.75) is 6.61 Å². The maximum absolute atomic E-state index is 5.92. The molecule has 0 saturated carbocycles. The van der Waals surface area contributed by atoms with Crippen molar-refractivity contribution in [1.82, 2.24) is 19.5 Å². The lowest BCUT2D eigenvalue weighted by Crippen LogP contribution is -2.39. The number of nitrogens with two attached hydrogens (primary N) is 2. The van der Waals surface area contributed by atoms with E-state index >= 15 is 0 Å². The summed E-state index contributed by atoms with van der Waals surface area (Å²) in [6, 6.07) is 9.45. The smallest absolute Gasteiger partial charge is 0.304 e. The van der Waals surface area contributed by atoms with Crippen LogP contribution >= 0.6 is 0 Å². The van der Waals surface area contributed by atoms with Gasteiger partial charge in [0, 0.05) is 19.3 Å². The number of para-hydroxylation sites is 2. The Labute approximate surface area is 155 Å². The molecule has 0 aliphatic heterocycles. The third kappa shape index (κ3) is 3.42. The third-order valence-electron chi connectivity index (χ3n) is 3.87. The number of hydrogen-bond donors (Lipinski definition) is 2. The molecule has 0 radical (unpaired) electrons. The summed E-state index contributed by atoms with van der Waals surface area (Å²) in [5, 5.41) is 5.04. The van der Waals surface area contributed by atoms with Crippen LogP contribution in [-0.2, 0) is 6.61 Å². The molecule has 3 rings (SSSR count). The van der Waals surface area contributed by atoms with Crippen LogP contribution in [0.3, 0.4) is 0 Å². The molecule has 0 unspecified atom stereocenters. The third-order valence-corrected chi connectivity index (χ3v) is 3.87. The van der Waals surface area contributed by atoms with Crippen molar-refractivity contribution in [1.29, 1.82) is 0 Å². The molecule has 0 bridgehead atoms. The van der Waals surface area contributed by atoms with E-state index in [0.29, 0.717) is 22.7 Å². The summed E-state index contributed by atoms with van der Waals surface area (Å²) in [7, 11) is 4.72. The fourth-order valence-electron chi connectivity index (χ4n) is 2.69. The Kier molecular flexibility index (Phi) is 5.27. The van der Waals surface area contributed by atoms with E-state index in [1.165, 1.54) is 5.01 Å². The summed E-state index contributed by atoms with van der Waals surface area (Å²) in [6.45, 7) is 0.0931. The van der Waals surface area contributed by atoms with Crippen molar-refractivity contribution >= 4 is 17.0 Å². The molecule has 10 heteroatoms. The molecule has 0 atom stereocenters. The first-order valence-electron chi connectivity index (χ1n) is 8.03. The summed E-state index contributed by atoms with van der Waals surface area (Å²) in [6.07, 6.45) is 1.61. The van der Waals surface area contributed by atoms with Gasteiger partial charge in [0.15, 0.2) is 11.5 Å². The normalized spacial score (nSPS) is 11.5. The zero-order valence-corrected chi connectivity index (χ0v) is 15.3. The van der Waals surface area contributed by atoms with E-state index in [2.05, 4.69) is 15.1 Å². The second kappa shape index (κ2) is 7.79. The minimum Gasteiger partial charge on any atom is -0.493 e. The van der Waals surface area contributed by atoms with Gasteiger partial charge in [0.05, 0.1) is 25.3 Å². The number of methoxy groups -OCH3 is 2. The molecule has 0 amide bonds. The Morgan fingerprint density at radius 2 is 2.00 bits per heavy atom. The van der Waals surface area contributed by atoms with Gasteiger partial charge in [0.25, 0.3) is 0 Å². The van der Waals surface area contributed by atoms with E-state index in [1.54, 1.807) is 38.1 Å². The minimum atomic E-state index is 0.0931. The summed E-state index contributed by atoms with van der Waals surface area (Å²) in [5.41, 5.74) is 2.02. The zero-order chi connectivity index (χ0) is 19.4. The summed E-state index contributed by atoms with van der Waals surface area (Å²) in [5.74, 6) is 12.7. The van der Waals surface area contributed by atoms with Crippen LogP contribution in [-0.4, -0.2) is 46.8 Å². The lowest BCUT2D eigenvalue weighted by Gasteiger charge is -2.17. The maximum atomic E-state index is 5.92. The van der Waals surface area contributed by atoms with Crippen LogP contribution in [0.5, 0.6) is 17.5 Å². The quantitative estimate of drug-likeness (QED) is 0.293. The molecule has 0 aliphatic rings. The van der Waals surface area contributed by atoms with Crippen LogP contribution in [0.15, 0.2) is 41.6 Å². The molecule has 142 valence electrons. The lowest BCUT2D eigenvalue weighted by molar-refractivity contribution is 0.262. The molecule has 4 N–H and O–H groups in total. The fourth-order valence-corrected chi connectivity index (χ4v) is 2.69. The van der Waals surface area contributed by atoms with E-state index in [1.807, 2.05) is 24.3 Å². The largest absolute Gasteiger partial charge is 0.493 e. The molecule has 3 aromatic rings. The first-order valence-corrected chi connectivity index (χ1v) is 8.03. The molecule has 2 heterocycles. The molecular formula is C17H21N7O3. The lowest BCUT2D eigenvalue weighted by atomic mass is 10.3. The SMILES string of the molecule is COc1ccnc(COc2nc3ccccc3n2/C(=N/N)N(C)N)c1OC. The first-order chi connectivity index (χ1) is 13.1. The van der Waals surface area contributed by atoms with Crippen molar-refractivity contribution in [2.24, 2.45) is 16.8 Å². The topological polar surface area (TPSA) is 126 Å². The monoisotopic (exact) mass is 371 g/mol. The molecular weight excluding hydrogens is 350 g/mol. The van der Waals surface area contributed by atoms with E-state index in [0.717, 1.165) is 5.52 Å². The van der Waals surface area contributed by atoms with Gasteiger partial charge in [-0.2, -0.15) is 4.98 Å². The van der Waals surface area contributed by atoms with Gasteiger partial charge in [0.1, 0.15) is 12.3 Å². The van der Waals surface area contributed by atoms with Crippen molar-refractivity contribution in [2.75, 3.05) is 21.3 Å². The van der Waals surface area contributed by atoms with Crippen LogP contribution in [0.4, 0.5) is 0 Å². The average molecular weight is 371 g/mol. The van der Waals surface area contributed by atoms with Gasteiger partial charge in [-0.15, -0.1) is 5.10 Å². The van der Waals surface area contributed by atoms with E-state index in [4.69, 9.17) is 25.9 Å². The van der Waals surface area contributed by atoms with Crippen LogP contribution in [0.1, 0.15) is 5.69 Å². The number of fused-ring (bicyclic) bond motifs is 1. The number of pyridine rings is 1. The Hall–Kier alpha value is -3.53. The highest BCUT2D eigenvalue weighted by atomic mass is 16.5. The number of rotatable bonds is 5. The van der Waals surface area contributed by atoms with E-state index < -0.39 is 0 Å². The van der Waals surface area contributed by atoms with Gasteiger partial charge >= 0.3 is 6.01 Å². The molecule has 10 nitrogen and oxygen atoms in total. The number of hydrazine groups is 1. The summed E-state index contributed by atoms with van der Waals surface area (Å²) >= 11 is 0. The number of benzene rings is 1. The summed E-state index contributed by atoms with van der Waals surface area (Å²) in [4.78, 5) is 8.80. The zero-order valence-electron chi connectivity index (χ0n) is 15.3. The van der Waals surface area contributed by atoms with Gasteiger partial charge in [0.2, 0.25) is 5.96 Å². The molecule has 0 fully saturated rings. The van der Waals surface area contributed by atoms with Crippen LogP contribution < -0.4 is 25.9 Å². The molecule has 27 heavy (non-hydrogen) atoms. The van der Waals surface area contributed by atoms with E-state index in [9.17, 15) is 0 Å². The van der Waals surface area contributed by atoms with Crippen molar-refractivity contribution in [3.05, 3.63) is 42.2 Å². The molecule has 0 saturated heterocycles. The van der Waals surface area contributed by atoms with Gasteiger partial charge in [-0.25, -0.2) is 10.4 Å². The second-order valence-corrected chi connectivity index (χ2v) is 5.54. The van der Waals surface area contributed by atoms with Gasteiger partial charge in [-0.1, -0.05) is 12.1 Å². The highest BCUT2D eigenvalue weighted by molar-refractivity contribution is 5.93. The Morgan fingerprint density at radius 1 is 1.22 bits per heavy atom. The minimum absolute atomic E-state index is 0.0931. The number of imidazole rings is 1. The number of aromatic nitrogens is 3. The van der Waals surface area contributed by atoms with Crippen LogP contribution in [0, 0.1) is 0 Å². The standard InChI is InChI=1S/C17H21N7O3/c1-23(19)16(22-18)24-13-7-5-4-6-11(13)21-17(24)27-10-12-15(26-3)14(25-2)8-9-20-12/h4-9H,10,18-19H2,1-3H3/b22-16+. The maximum Gasteiger partial charge on any atom is 0.304 e. The van der Waals surface area contributed by atoms with Crippen LogP contribution in [0.2, 0.25) is 0 Å². The Morgan fingerprint density at radius 3 is 2.67 bits per heavy atom. The first kappa shape index (κ1) is 18.3. The van der Waals surface area contributed by atoms with Crippen LogP contribution in [0.25, 0.3) is 11.0 Å². The highest BCUT2D eigenvalue weighted by Crippen LogP contribution is 2.30. The second-order valence-electron chi connectivity index (χ2n) is 5.54. The Bertz CT molecular complexity index is 968. The predicted molar refractivity (Wildman–Crippen MR) is 100 cm³/mol. The molecule has 2 aromatic heterocycles. The fraction of sp³-hybridized carbons (Fsp3) is 0.235. The average Bonchev–Trinajstić information content (AvgIpc) is 3.04. The van der Waals surface area contributed by atoms with Crippen molar-refractivity contribution < 1.29 is 14.2 Å². The number of ether oxygens (including phenoxy) is 3. The van der Waals surface area contributed by atoms with E-state index in [-0.39, 0.29) is 18.6 Å². The molecule has 0 spiro atoms. The highest BCUT2D eigenvalue weighted by Gasteiger charge is 2.20. The number of nitrogens with zero attached hydrogens (tertiary/aromatic N) is 5. The van der Waals surface area contributed by atoms with Gasteiger partial charge < -0.3 is 20.1 Å². The summed E-state index contributed by atoms with van der Waals surface area (Å²) < 4.78 is 18.2. The number of hydrazone groups is 1. The predicted octanol–water partition coefficient (Wildman–Crippen LogP) is 0.911.